The number of carbonyl (C=O) groups is 1. The van der Waals surface area contributed by atoms with Gasteiger partial charge in [0.25, 0.3) is 5.91 Å². The van der Waals surface area contributed by atoms with Crippen LogP contribution >= 0.6 is 0 Å². The van der Waals surface area contributed by atoms with E-state index < -0.39 is 23.1 Å². The maximum Gasteiger partial charge on any atom is 0.416 e. The highest BCUT2D eigenvalue weighted by atomic mass is 19.4. The van der Waals surface area contributed by atoms with Crippen LogP contribution in [0.5, 0.6) is 0 Å². The zero-order valence-electron chi connectivity index (χ0n) is 20.2. The lowest BCUT2D eigenvalue weighted by Gasteiger charge is -2.39. The highest BCUT2D eigenvalue weighted by Gasteiger charge is 2.32. The van der Waals surface area contributed by atoms with Crippen LogP contribution in [0.4, 0.5) is 13.2 Å². The molecule has 2 aliphatic heterocycles. The summed E-state index contributed by atoms with van der Waals surface area (Å²) in [6.07, 6.45) is -2.47. The van der Waals surface area contributed by atoms with Gasteiger partial charge >= 0.3 is 6.18 Å². The van der Waals surface area contributed by atoms with Crippen molar-refractivity contribution in [1.82, 2.24) is 19.6 Å². The molecule has 2 unspecified atom stereocenters. The Kier molecular flexibility index (Phi) is 7.32. The van der Waals surface area contributed by atoms with Crippen molar-refractivity contribution < 1.29 is 22.7 Å². The summed E-state index contributed by atoms with van der Waals surface area (Å²) in [6, 6.07) is 5.91. The Hall–Kier alpha value is -2.72. The van der Waals surface area contributed by atoms with E-state index in [1.165, 1.54) is 22.9 Å². The van der Waals surface area contributed by atoms with Crippen LogP contribution < -0.4 is 5.43 Å². The molecule has 3 heterocycles. The fraction of sp³-hybridized carbons (Fsp3) is 0.560. The predicted molar refractivity (Wildman–Crippen MR) is 125 cm³/mol. The van der Waals surface area contributed by atoms with Gasteiger partial charge in [-0.15, -0.1) is 0 Å². The SMILES string of the molecule is Cc1cc(=O)c(C(=O)N2CCC(CN3CC(C)OC(C)C3)CC2)nn1-c1cccc(C(F)(F)F)c1. The summed E-state index contributed by atoms with van der Waals surface area (Å²) < 4.78 is 46.5. The first-order valence-electron chi connectivity index (χ1n) is 12.0. The molecule has 0 N–H and O–H groups in total. The molecule has 0 aliphatic carbocycles. The number of carbonyl (C=O) groups excluding carboxylic acids is 1. The van der Waals surface area contributed by atoms with E-state index >= 15 is 0 Å². The largest absolute Gasteiger partial charge is 0.416 e. The highest BCUT2D eigenvalue weighted by molar-refractivity contribution is 5.92. The van der Waals surface area contributed by atoms with Crippen molar-refractivity contribution in [2.45, 2.75) is 52.0 Å². The quantitative estimate of drug-likeness (QED) is 0.654. The third-order valence-corrected chi connectivity index (χ3v) is 6.64. The van der Waals surface area contributed by atoms with Gasteiger partial charge in [0.05, 0.1) is 23.5 Å². The van der Waals surface area contributed by atoms with Crippen LogP contribution in [0.15, 0.2) is 35.1 Å². The Morgan fingerprint density at radius 1 is 1.11 bits per heavy atom. The van der Waals surface area contributed by atoms with Crippen LogP contribution in [0.3, 0.4) is 0 Å². The number of morpholine rings is 1. The van der Waals surface area contributed by atoms with Crippen LogP contribution in [-0.2, 0) is 10.9 Å². The van der Waals surface area contributed by atoms with Crippen molar-refractivity contribution in [2.75, 3.05) is 32.7 Å². The van der Waals surface area contributed by atoms with Gasteiger partial charge in [0.2, 0.25) is 5.43 Å². The smallest absolute Gasteiger partial charge is 0.373 e. The van der Waals surface area contributed by atoms with Gasteiger partial charge in [-0.2, -0.15) is 18.3 Å². The molecule has 1 aromatic heterocycles. The molecule has 1 aromatic carbocycles. The second-order valence-electron chi connectivity index (χ2n) is 9.67. The van der Waals surface area contributed by atoms with E-state index in [1.54, 1.807) is 11.8 Å². The van der Waals surface area contributed by atoms with Gasteiger partial charge in [0.15, 0.2) is 5.69 Å². The molecule has 0 bridgehead atoms. The fourth-order valence-corrected chi connectivity index (χ4v) is 5.04. The summed E-state index contributed by atoms with van der Waals surface area (Å²) in [4.78, 5) is 29.8. The Morgan fingerprint density at radius 3 is 2.40 bits per heavy atom. The number of amides is 1. The Balaban J connectivity index is 1.46. The summed E-state index contributed by atoms with van der Waals surface area (Å²) in [7, 11) is 0. The Bertz CT molecular complexity index is 1120. The molecule has 2 aromatic rings. The van der Waals surface area contributed by atoms with E-state index in [0.29, 0.717) is 24.7 Å². The van der Waals surface area contributed by atoms with Gasteiger partial charge in [-0.05, 0) is 57.7 Å². The van der Waals surface area contributed by atoms with Crippen molar-refractivity contribution in [2.24, 2.45) is 5.92 Å². The normalized spacial score (nSPS) is 22.4. The number of alkyl halides is 3. The lowest BCUT2D eigenvalue weighted by Crippen LogP contribution is -2.49. The van der Waals surface area contributed by atoms with Crippen molar-refractivity contribution in [1.29, 1.82) is 0 Å². The molecule has 4 rings (SSSR count). The minimum absolute atomic E-state index is 0.138. The molecule has 0 saturated carbocycles. The summed E-state index contributed by atoms with van der Waals surface area (Å²) in [6.45, 7) is 9.48. The summed E-state index contributed by atoms with van der Waals surface area (Å²) in [5, 5.41) is 4.19. The molecule has 0 spiro atoms. The number of benzene rings is 1. The summed E-state index contributed by atoms with van der Waals surface area (Å²) in [5.41, 5.74) is -1.15. The number of aromatic nitrogens is 2. The third kappa shape index (κ3) is 5.92. The Labute approximate surface area is 202 Å². The minimum Gasteiger partial charge on any atom is -0.373 e. The number of ether oxygens (including phenoxy) is 1. The second kappa shape index (κ2) is 10.1. The van der Waals surface area contributed by atoms with Crippen LogP contribution in [0.2, 0.25) is 0 Å². The van der Waals surface area contributed by atoms with Gasteiger partial charge in [-0.25, -0.2) is 4.68 Å². The lowest BCUT2D eigenvalue weighted by atomic mass is 9.95. The maximum absolute atomic E-state index is 13.2. The van der Waals surface area contributed by atoms with Crippen LogP contribution in [0.25, 0.3) is 5.69 Å². The van der Waals surface area contributed by atoms with Crippen molar-refractivity contribution >= 4 is 5.91 Å². The van der Waals surface area contributed by atoms with Crippen LogP contribution in [-0.4, -0.2) is 70.4 Å². The molecular weight excluding hydrogens is 461 g/mol. The van der Waals surface area contributed by atoms with E-state index in [4.69, 9.17) is 4.74 Å². The molecule has 10 heteroatoms. The molecule has 0 radical (unpaired) electrons. The van der Waals surface area contributed by atoms with E-state index in [1.807, 2.05) is 0 Å². The minimum atomic E-state index is -4.51. The fourth-order valence-electron chi connectivity index (χ4n) is 5.04. The number of aryl methyl sites for hydroxylation is 1. The monoisotopic (exact) mass is 492 g/mol. The lowest BCUT2D eigenvalue weighted by molar-refractivity contribution is -0.137. The number of hydrogen-bond donors (Lipinski definition) is 0. The first-order chi connectivity index (χ1) is 16.5. The topological polar surface area (TPSA) is 67.7 Å². The predicted octanol–water partition coefficient (Wildman–Crippen LogP) is 3.52. The third-order valence-electron chi connectivity index (χ3n) is 6.64. The number of rotatable bonds is 4. The summed E-state index contributed by atoms with van der Waals surface area (Å²) in [5.74, 6) is -0.0351. The van der Waals surface area contributed by atoms with Crippen molar-refractivity contribution in [3.63, 3.8) is 0 Å². The highest BCUT2D eigenvalue weighted by Crippen LogP contribution is 2.30. The van der Waals surface area contributed by atoms with Gasteiger partial charge in [-0.3, -0.25) is 14.5 Å². The average molecular weight is 493 g/mol. The number of piperidine rings is 1. The molecule has 2 atom stereocenters. The molecule has 1 amide bonds. The number of halogens is 3. The van der Waals surface area contributed by atoms with Gasteiger partial charge in [0, 0.05) is 44.5 Å². The van der Waals surface area contributed by atoms with Crippen molar-refractivity contribution in [3.8, 4) is 5.69 Å². The summed E-state index contributed by atoms with van der Waals surface area (Å²) >= 11 is 0. The van der Waals surface area contributed by atoms with E-state index in [-0.39, 0.29) is 23.6 Å². The zero-order valence-corrected chi connectivity index (χ0v) is 20.2. The molecule has 2 aliphatic rings. The number of nitrogens with zero attached hydrogens (tertiary/aromatic N) is 4. The first-order valence-corrected chi connectivity index (χ1v) is 12.0. The molecular formula is C25H31F3N4O3. The number of likely N-dealkylation sites (tertiary alicyclic amines) is 1. The van der Waals surface area contributed by atoms with Gasteiger partial charge in [-0.1, -0.05) is 6.07 Å². The molecule has 2 fully saturated rings. The molecule has 190 valence electrons. The van der Waals surface area contributed by atoms with Crippen LogP contribution in [0, 0.1) is 12.8 Å². The standard InChI is InChI=1S/C25H31F3N4O3/c1-16-11-22(33)23(29-32(16)21-6-4-5-20(12-21)25(26,27)28)24(34)31-9-7-19(8-10-31)15-30-13-17(2)35-18(3)14-30/h4-6,11-12,17-19H,7-10,13-15H2,1-3H3. The molecule has 2 saturated heterocycles. The second-order valence-corrected chi connectivity index (χ2v) is 9.67. The number of hydrogen-bond acceptors (Lipinski definition) is 5. The van der Waals surface area contributed by atoms with Crippen molar-refractivity contribution in [3.05, 3.63) is 57.5 Å². The van der Waals surface area contributed by atoms with E-state index in [2.05, 4.69) is 23.8 Å². The molecule has 7 nitrogen and oxygen atoms in total. The van der Waals surface area contributed by atoms with E-state index in [9.17, 15) is 22.8 Å². The zero-order chi connectivity index (χ0) is 25.3. The first kappa shape index (κ1) is 25.4. The van der Waals surface area contributed by atoms with Gasteiger partial charge < -0.3 is 9.64 Å². The van der Waals surface area contributed by atoms with Crippen LogP contribution in [0.1, 0.15) is 48.4 Å². The maximum atomic E-state index is 13.2. The van der Waals surface area contributed by atoms with Gasteiger partial charge in [0.1, 0.15) is 0 Å². The Morgan fingerprint density at radius 2 is 1.77 bits per heavy atom. The average Bonchev–Trinajstić information content (AvgIpc) is 2.78. The molecule has 35 heavy (non-hydrogen) atoms. The van der Waals surface area contributed by atoms with E-state index in [0.717, 1.165) is 44.6 Å².